The van der Waals surface area contributed by atoms with Crippen LogP contribution in [0.25, 0.3) is 0 Å². The van der Waals surface area contributed by atoms with E-state index in [1.807, 2.05) is 0 Å². The fourth-order valence-corrected chi connectivity index (χ4v) is 2.04. The van der Waals surface area contributed by atoms with Crippen LogP contribution in [-0.4, -0.2) is 40.0 Å². The van der Waals surface area contributed by atoms with Crippen molar-refractivity contribution in [3.63, 3.8) is 0 Å². The molecule has 144 valence electrons. The number of amides is 1. The minimum absolute atomic E-state index is 0.0648. The van der Waals surface area contributed by atoms with E-state index in [0.717, 1.165) is 23.4 Å². The van der Waals surface area contributed by atoms with Crippen LogP contribution in [0.1, 0.15) is 36.7 Å². The summed E-state index contributed by atoms with van der Waals surface area (Å²) in [5.74, 6) is -2.06. The maximum atomic E-state index is 13.9. The third-order valence-corrected chi connectivity index (χ3v) is 3.15. The number of ether oxygens (including phenoxy) is 2. The molecule has 1 amide bonds. The molecular weight excluding hydrogens is 362 g/mol. The van der Waals surface area contributed by atoms with Crippen LogP contribution in [-0.2, 0) is 11.3 Å². The van der Waals surface area contributed by atoms with Gasteiger partial charge in [0.2, 0.25) is 17.8 Å². The summed E-state index contributed by atoms with van der Waals surface area (Å²) >= 11 is 0. The van der Waals surface area contributed by atoms with Crippen molar-refractivity contribution in [2.75, 3.05) is 12.0 Å². The Balaban J connectivity index is 2.47. The molecule has 2 aromatic heterocycles. The van der Waals surface area contributed by atoms with E-state index >= 15 is 0 Å². The number of carbonyl (C=O) groups is 2. The number of aldehydes is 1. The Morgan fingerprint density at radius 1 is 1.26 bits per heavy atom. The molecule has 0 atom stereocenters. The highest BCUT2D eigenvalue weighted by Gasteiger charge is 2.27. The Labute approximate surface area is 154 Å². The fourth-order valence-electron chi connectivity index (χ4n) is 2.04. The largest absolute Gasteiger partial charge is 0.481 e. The Bertz CT molecular complexity index is 855. The monoisotopic (exact) mass is 380 g/mol. The van der Waals surface area contributed by atoms with Crippen molar-refractivity contribution in [1.82, 2.24) is 15.0 Å². The summed E-state index contributed by atoms with van der Waals surface area (Å²) in [4.78, 5) is 35.4. The molecule has 0 spiro atoms. The van der Waals surface area contributed by atoms with Gasteiger partial charge in [-0.15, -0.1) is 0 Å². The van der Waals surface area contributed by atoms with Gasteiger partial charge in [0.05, 0.1) is 25.4 Å². The number of carbonyl (C=O) groups excluding carboxylic acids is 2. The first-order chi connectivity index (χ1) is 12.6. The predicted molar refractivity (Wildman–Crippen MR) is 90.5 cm³/mol. The number of hydrogen-bond acceptors (Lipinski definition) is 7. The highest BCUT2D eigenvalue weighted by molar-refractivity contribution is 5.86. The van der Waals surface area contributed by atoms with E-state index in [0.29, 0.717) is 0 Å². The summed E-state index contributed by atoms with van der Waals surface area (Å²) in [5.41, 5.74) is -1.04. The lowest BCUT2D eigenvalue weighted by Crippen LogP contribution is -2.37. The smallest absolute Gasteiger partial charge is 0.417 e. The van der Waals surface area contributed by atoms with Crippen molar-refractivity contribution in [2.24, 2.45) is 0 Å². The van der Waals surface area contributed by atoms with Gasteiger partial charge >= 0.3 is 6.09 Å². The molecule has 0 unspecified atom stereocenters. The van der Waals surface area contributed by atoms with Gasteiger partial charge in [0.15, 0.2) is 6.29 Å². The van der Waals surface area contributed by atoms with Gasteiger partial charge in [0, 0.05) is 11.8 Å². The summed E-state index contributed by atoms with van der Waals surface area (Å²) in [6.45, 7) is 4.63. The van der Waals surface area contributed by atoms with Crippen LogP contribution < -0.4 is 9.64 Å². The molecule has 0 aliphatic heterocycles. The first-order valence-electron chi connectivity index (χ1n) is 7.81. The average molecular weight is 380 g/mol. The molecule has 0 saturated carbocycles. The Hall–Kier alpha value is -3.17. The van der Waals surface area contributed by atoms with E-state index in [9.17, 15) is 18.4 Å². The van der Waals surface area contributed by atoms with Crippen molar-refractivity contribution in [2.45, 2.75) is 32.9 Å². The molecule has 0 aliphatic carbocycles. The second kappa shape index (κ2) is 8.02. The van der Waals surface area contributed by atoms with Gasteiger partial charge in [-0.1, -0.05) is 0 Å². The molecular formula is C17H18F2N4O4. The van der Waals surface area contributed by atoms with Gasteiger partial charge in [-0.25, -0.2) is 24.1 Å². The lowest BCUT2D eigenvalue weighted by Gasteiger charge is -2.26. The molecule has 0 fully saturated rings. The molecule has 8 nitrogen and oxygen atoms in total. The number of methoxy groups -OCH3 is 1. The van der Waals surface area contributed by atoms with Crippen LogP contribution in [0.2, 0.25) is 0 Å². The van der Waals surface area contributed by atoms with Crippen LogP contribution in [0.4, 0.5) is 19.5 Å². The van der Waals surface area contributed by atoms with E-state index in [-0.39, 0.29) is 35.8 Å². The quantitative estimate of drug-likeness (QED) is 0.581. The van der Waals surface area contributed by atoms with Crippen molar-refractivity contribution < 1.29 is 27.8 Å². The molecule has 2 rings (SSSR count). The number of pyridine rings is 1. The summed E-state index contributed by atoms with van der Waals surface area (Å²) in [6.07, 6.45) is 1.24. The fraction of sp³-hybridized carbons (Fsp3) is 0.353. The molecule has 0 radical (unpaired) electrons. The lowest BCUT2D eigenvalue weighted by molar-refractivity contribution is 0.0574. The second-order valence-electron chi connectivity index (χ2n) is 6.42. The summed E-state index contributed by atoms with van der Waals surface area (Å²) in [7, 11) is 1.33. The van der Waals surface area contributed by atoms with Crippen LogP contribution in [0, 0.1) is 11.8 Å². The van der Waals surface area contributed by atoms with Crippen LogP contribution in [0.3, 0.4) is 0 Å². The Morgan fingerprint density at radius 2 is 1.96 bits per heavy atom. The normalized spacial score (nSPS) is 11.0. The Kier molecular flexibility index (Phi) is 5.98. The zero-order valence-corrected chi connectivity index (χ0v) is 15.2. The topological polar surface area (TPSA) is 94.5 Å². The molecule has 2 aromatic rings. The zero-order valence-electron chi connectivity index (χ0n) is 15.2. The van der Waals surface area contributed by atoms with E-state index in [4.69, 9.17) is 9.47 Å². The van der Waals surface area contributed by atoms with Gasteiger partial charge in [-0.2, -0.15) is 9.37 Å². The third-order valence-electron chi connectivity index (χ3n) is 3.15. The first-order valence-corrected chi connectivity index (χ1v) is 7.81. The molecule has 0 N–H and O–H groups in total. The SMILES string of the molecule is COc1ncc(F)cc1CN(C(=O)OC(C)(C)C)c1ncc(C=O)c(F)n1. The number of hydrogen-bond donors (Lipinski definition) is 0. The standard InChI is InChI=1S/C17H18F2N4O4/c1-17(2,3)27-16(25)23(15-21-6-11(9-24)13(19)22-15)8-10-5-12(18)7-20-14(10)26-4/h5-7,9H,8H2,1-4H3. The molecule has 0 aliphatic rings. The summed E-state index contributed by atoms with van der Waals surface area (Å²) < 4.78 is 37.8. The van der Waals surface area contributed by atoms with E-state index in [1.54, 1.807) is 20.8 Å². The number of anilines is 1. The second-order valence-corrected chi connectivity index (χ2v) is 6.42. The molecule has 27 heavy (non-hydrogen) atoms. The average Bonchev–Trinajstić information content (AvgIpc) is 2.58. The summed E-state index contributed by atoms with van der Waals surface area (Å²) in [5, 5.41) is 0. The van der Waals surface area contributed by atoms with Crippen LogP contribution in [0.15, 0.2) is 18.5 Å². The number of halogens is 2. The number of aromatic nitrogens is 3. The molecule has 0 saturated heterocycles. The Morgan fingerprint density at radius 3 is 2.52 bits per heavy atom. The lowest BCUT2D eigenvalue weighted by atomic mass is 10.2. The number of nitrogens with zero attached hydrogens (tertiary/aromatic N) is 4. The van der Waals surface area contributed by atoms with E-state index in [1.165, 1.54) is 7.11 Å². The molecule has 0 bridgehead atoms. The molecule has 2 heterocycles. The van der Waals surface area contributed by atoms with E-state index < -0.39 is 23.5 Å². The van der Waals surface area contributed by atoms with E-state index in [2.05, 4.69) is 15.0 Å². The van der Waals surface area contributed by atoms with Crippen LogP contribution in [0.5, 0.6) is 5.88 Å². The zero-order chi connectivity index (χ0) is 20.2. The maximum Gasteiger partial charge on any atom is 0.417 e. The van der Waals surface area contributed by atoms with Gasteiger partial charge in [-0.3, -0.25) is 4.79 Å². The molecule has 10 heteroatoms. The van der Waals surface area contributed by atoms with Gasteiger partial charge < -0.3 is 9.47 Å². The van der Waals surface area contributed by atoms with Crippen molar-refractivity contribution in [3.05, 3.63) is 41.4 Å². The van der Waals surface area contributed by atoms with Crippen molar-refractivity contribution in [3.8, 4) is 5.88 Å². The van der Waals surface area contributed by atoms with Crippen LogP contribution >= 0.6 is 0 Å². The number of rotatable bonds is 5. The molecule has 0 aromatic carbocycles. The maximum absolute atomic E-state index is 13.9. The minimum atomic E-state index is -1.10. The minimum Gasteiger partial charge on any atom is -0.481 e. The first kappa shape index (κ1) is 20.1. The predicted octanol–water partition coefficient (Wildman–Crippen LogP) is 2.91. The van der Waals surface area contributed by atoms with Gasteiger partial charge in [-0.05, 0) is 26.8 Å². The van der Waals surface area contributed by atoms with Crippen molar-refractivity contribution in [1.29, 1.82) is 0 Å². The summed E-state index contributed by atoms with van der Waals surface area (Å²) in [6, 6.07) is 1.11. The third kappa shape index (κ3) is 5.16. The van der Waals surface area contributed by atoms with Crippen molar-refractivity contribution >= 4 is 18.3 Å². The van der Waals surface area contributed by atoms with Gasteiger partial charge in [0.1, 0.15) is 11.4 Å². The highest BCUT2D eigenvalue weighted by Crippen LogP contribution is 2.23. The highest BCUT2D eigenvalue weighted by atomic mass is 19.1. The van der Waals surface area contributed by atoms with Gasteiger partial charge in [0.25, 0.3) is 0 Å².